The molecular weight excluding hydrogens is 317 g/mol. The van der Waals surface area contributed by atoms with Gasteiger partial charge in [0.15, 0.2) is 11.1 Å². The Hall–Kier alpha value is -1.66. The van der Waals surface area contributed by atoms with E-state index in [1.165, 1.54) is 23.9 Å². The van der Waals surface area contributed by atoms with E-state index in [0.29, 0.717) is 16.5 Å². The van der Waals surface area contributed by atoms with E-state index in [1.54, 1.807) is 13.0 Å². The molecule has 0 saturated carbocycles. The molecule has 4 nitrogen and oxygen atoms in total. The van der Waals surface area contributed by atoms with E-state index >= 15 is 0 Å². The molecule has 1 aromatic carbocycles. The SMILES string of the molecule is CSc1cc(C)c(C(Nc2ccc(F)cc2Cl)C(=O)O)o1. The fourth-order valence-corrected chi connectivity index (χ4v) is 2.54. The van der Waals surface area contributed by atoms with Crippen LogP contribution in [0.4, 0.5) is 10.1 Å². The Morgan fingerprint density at radius 1 is 1.48 bits per heavy atom. The lowest BCUT2D eigenvalue weighted by Crippen LogP contribution is -2.21. The number of aliphatic carboxylic acids is 1. The smallest absolute Gasteiger partial charge is 0.334 e. The van der Waals surface area contributed by atoms with Gasteiger partial charge in [-0.2, -0.15) is 0 Å². The Kier molecular flexibility index (Phi) is 4.80. The number of hydrogen-bond acceptors (Lipinski definition) is 4. The van der Waals surface area contributed by atoms with Gasteiger partial charge in [0.2, 0.25) is 0 Å². The molecule has 2 aromatic rings. The highest BCUT2D eigenvalue weighted by atomic mass is 35.5. The van der Waals surface area contributed by atoms with E-state index in [0.717, 1.165) is 11.6 Å². The van der Waals surface area contributed by atoms with E-state index in [4.69, 9.17) is 16.0 Å². The second-order valence-electron chi connectivity index (χ2n) is 4.36. The number of carboxylic acid groups (broad SMARTS) is 1. The molecule has 0 spiro atoms. The number of halogens is 2. The summed E-state index contributed by atoms with van der Waals surface area (Å²) in [6.45, 7) is 1.77. The summed E-state index contributed by atoms with van der Waals surface area (Å²) >= 11 is 7.29. The van der Waals surface area contributed by atoms with Gasteiger partial charge in [-0.05, 0) is 43.0 Å². The molecule has 0 amide bonds. The summed E-state index contributed by atoms with van der Waals surface area (Å²) in [6.07, 6.45) is 1.84. The van der Waals surface area contributed by atoms with Gasteiger partial charge in [0.1, 0.15) is 11.6 Å². The number of rotatable bonds is 5. The third-order valence-corrected chi connectivity index (χ3v) is 3.79. The lowest BCUT2D eigenvalue weighted by atomic mass is 10.1. The van der Waals surface area contributed by atoms with Crippen molar-refractivity contribution < 1.29 is 18.7 Å². The third-order valence-electron chi connectivity index (χ3n) is 2.87. The van der Waals surface area contributed by atoms with Gasteiger partial charge < -0.3 is 14.8 Å². The number of carbonyl (C=O) groups is 1. The van der Waals surface area contributed by atoms with Crippen molar-refractivity contribution in [1.29, 1.82) is 0 Å². The number of aryl methyl sites for hydroxylation is 1. The van der Waals surface area contributed by atoms with Crippen LogP contribution in [0, 0.1) is 12.7 Å². The topological polar surface area (TPSA) is 62.5 Å². The molecule has 0 aliphatic rings. The molecule has 0 aliphatic carbocycles. The maximum Gasteiger partial charge on any atom is 0.334 e. The van der Waals surface area contributed by atoms with Gasteiger partial charge in [-0.3, -0.25) is 0 Å². The number of hydrogen-bond donors (Lipinski definition) is 2. The molecule has 0 saturated heterocycles. The fraction of sp³-hybridized carbons (Fsp3) is 0.214. The zero-order chi connectivity index (χ0) is 15.6. The summed E-state index contributed by atoms with van der Waals surface area (Å²) in [6, 6.07) is 4.38. The molecule has 0 bridgehead atoms. The Morgan fingerprint density at radius 2 is 2.19 bits per heavy atom. The van der Waals surface area contributed by atoms with Gasteiger partial charge >= 0.3 is 5.97 Å². The van der Waals surface area contributed by atoms with Crippen molar-refractivity contribution >= 4 is 35.0 Å². The predicted octanol–water partition coefficient (Wildman–Crippen LogP) is 4.34. The first-order chi connectivity index (χ1) is 9.92. The lowest BCUT2D eigenvalue weighted by Gasteiger charge is -2.15. The van der Waals surface area contributed by atoms with Crippen molar-refractivity contribution in [3.8, 4) is 0 Å². The Labute approximate surface area is 130 Å². The first-order valence-corrected chi connectivity index (χ1v) is 7.61. The molecule has 1 atom stereocenters. The summed E-state index contributed by atoms with van der Waals surface area (Å²) in [4.78, 5) is 11.5. The van der Waals surface area contributed by atoms with Gasteiger partial charge in [-0.15, -0.1) is 0 Å². The predicted molar refractivity (Wildman–Crippen MR) is 80.6 cm³/mol. The third kappa shape index (κ3) is 3.51. The maximum absolute atomic E-state index is 13.0. The highest BCUT2D eigenvalue weighted by molar-refractivity contribution is 7.98. The summed E-state index contributed by atoms with van der Waals surface area (Å²) in [7, 11) is 0. The Balaban J connectivity index is 2.35. The fourth-order valence-electron chi connectivity index (χ4n) is 1.85. The summed E-state index contributed by atoms with van der Waals surface area (Å²) in [5, 5.41) is 12.9. The Bertz CT molecular complexity index is 674. The molecule has 1 heterocycles. The van der Waals surface area contributed by atoms with Crippen LogP contribution in [-0.2, 0) is 4.79 Å². The minimum atomic E-state index is -1.11. The highest BCUT2D eigenvalue weighted by Crippen LogP contribution is 2.32. The van der Waals surface area contributed by atoms with Gasteiger partial charge in [0.25, 0.3) is 0 Å². The summed E-state index contributed by atoms with van der Waals surface area (Å²) in [5.74, 6) is -1.30. The molecule has 0 fully saturated rings. The second-order valence-corrected chi connectivity index (χ2v) is 5.57. The minimum absolute atomic E-state index is 0.107. The molecule has 0 aliphatic heterocycles. The van der Waals surface area contributed by atoms with Crippen molar-refractivity contribution in [3.63, 3.8) is 0 Å². The molecule has 1 unspecified atom stereocenters. The van der Waals surface area contributed by atoms with E-state index in [2.05, 4.69) is 5.32 Å². The normalized spacial score (nSPS) is 12.2. The van der Waals surface area contributed by atoms with Gasteiger partial charge in [0.05, 0.1) is 10.7 Å². The molecule has 2 N–H and O–H groups in total. The first-order valence-electron chi connectivity index (χ1n) is 6.01. The van der Waals surface area contributed by atoms with E-state index in [1.807, 2.05) is 6.26 Å². The number of benzene rings is 1. The van der Waals surface area contributed by atoms with Gasteiger partial charge in [-0.1, -0.05) is 23.4 Å². The van der Waals surface area contributed by atoms with Crippen LogP contribution in [0.2, 0.25) is 5.02 Å². The quantitative estimate of drug-likeness (QED) is 0.799. The average molecular weight is 330 g/mol. The molecule has 7 heteroatoms. The molecular formula is C14H13ClFNO3S. The van der Waals surface area contributed by atoms with Crippen LogP contribution in [0.25, 0.3) is 0 Å². The van der Waals surface area contributed by atoms with Crippen molar-refractivity contribution in [2.75, 3.05) is 11.6 Å². The van der Waals surface area contributed by atoms with Crippen molar-refractivity contribution in [2.45, 2.75) is 18.1 Å². The van der Waals surface area contributed by atoms with Crippen LogP contribution in [-0.4, -0.2) is 17.3 Å². The monoisotopic (exact) mass is 329 g/mol. The van der Waals surface area contributed by atoms with E-state index in [-0.39, 0.29) is 5.02 Å². The van der Waals surface area contributed by atoms with Crippen LogP contribution in [0.3, 0.4) is 0 Å². The van der Waals surface area contributed by atoms with E-state index in [9.17, 15) is 14.3 Å². The van der Waals surface area contributed by atoms with Crippen molar-refractivity contribution in [1.82, 2.24) is 0 Å². The zero-order valence-corrected chi connectivity index (χ0v) is 12.9. The van der Waals surface area contributed by atoms with Gasteiger partial charge in [-0.25, -0.2) is 9.18 Å². The average Bonchev–Trinajstić information content (AvgIpc) is 2.78. The highest BCUT2D eigenvalue weighted by Gasteiger charge is 2.26. The van der Waals surface area contributed by atoms with Crippen LogP contribution < -0.4 is 5.32 Å². The summed E-state index contributed by atoms with van der Waals surface area (Å²) < 4.78 is 18.6. The van der Waals surface area contributed by atoms with Crippen LogP contribution in [0.5, 0.6) is 0 Å². The number of furan rings is 1. The van der Waals surface area contributed by atoms with E-state index < -0.39 is 17.8 Å². The molecule has 2 rings (SSSR count). The zero-order valence-electron chi connectivity index (χ0n) is 11.3. The van der Waals surface area contributed by atoms with Crippen molar-refractivity contribution in [2.24, 2.45) is 0 Å². The van der Waals surface area contributed by atoms with Crippen LogP contribution in [0.1, 0.15) is 17.4 Å². The maximum atomic E-state index is 13.0. The van der Waals surface area contributed by atoms with Gasteiger partial charge in [0, 0.05) is 0 Å². The largest absolute Gasteiger partial charge is 0.479 e. The second kappa shape index (κ2) is 6.41. The minimum Gasteiger partial charge on any atom is -0.479 e. The summed E-state index contributed by atoms with van der Waals surface area (Å²) in [5.41, 5.74) is 1.05. The number of anilines is 1. The number of thioether (sulfide) groups is 1. The standard InChI is InChI=1S/C14H13ClFNO3S/c1-7-5-11(21-2)20-13(7)12(14(18)19)17-10-4-3-8(16)6-9(10)15/h3-6,12,17H,1-2H3,(H,18,19). The molecule has 0 radical (unpaired) electrons. The number of nitrogens with one attached hydrogen (secondary N) is 1. The van der Waals surface area contributed by atoms with Crippen molar-refractivity contribution in [3.05, 3.63) is 46.4 Å². The molecule has 21 heavy (non-hydrogen) atoms. The number of carboxylic acids is 1. The van der Waals surface area contributed by atoms with Crippen LogP contribution >= 0.6 is 23.4 Å². The van der Waals surface area contributed by atoms with Crippen LogP contribution in [0.15, 0.2) is 33.8 Å². The molecule has 112 valence electrons. The lowest BCUT2D eigenvalue weighted by molar-refractivity contribution is -0.138. The Morgan fingerprint density at radius 3 is 2.71 bits per heavy atom. The first kappa shape index (κ1) is 15.7. The molecule has 1 aromatic heterocycles.